The molecule has 0 aromatic carbocycles. The number of likely N-dealkylation sites (N-methyl/N-ethyl adjacent to an activating group) is 1. The summed E-state index contributed by atoms with van der Waals surface area (Å²) in [6.45, 7) is 12.9. The molecule has 0 amide bonds. The maximum atomic E-state index is 5.78. The van der Waals surface area contributed by atoms with Gasteiger partial charge in [0.1, 0.15) is 0 Å². The molecule has 0 saturated carbocycles. The minimum absolute atomic E-state index is 0.337. The van der Waals surface area contributed by atoms with E-state index < -0.39 is 0 Å². The number of aromatic nitrogens is 2. The molecule has 5 nitrogen and oxygen atoms in total. The van der Waals surface area contributed by atoms with Crippen LogP contribution in [0.2, 0.25) is 0 Å². The van der Waals surface area contributed by atoms with Crippen molar-refractivity contribution in [1.82, 2.24) is 14.7 Å². The third-order valence-electron chi connectivity index (χ3n) is 4.24. The minimum atomic E-state index is 0.337. The van der Waals surface area contributed by atoms with E-state index in [-0.39, 0.29) is 0 Å². The zero-order valence-electron chi connectivity index (χ0n) is 13.9. The van der Waals surface area contributed by atoms with E-state index >= 15 is 0 Å². The van der Waals surface area contributed by atoms with Gasteiger partial charge in [-0.05, 0) is 39.8 Å². The molecule has 2 heterocycles. The fourth-order valence-electron chi connectivity index (χ4n) is 3.10. The summed E-state index contributed by atoms with van der Waals surface area (Å²) in [5.74, 6) is 0. The molecule has 0 bridgehead atoms. The van der Waals surface area contributed by atoms with Crippen LogP contribution in [0.4, 0.5) is 5.69 Å². The smallest absolute Gasteiger partial charge is 0.0728 e. The molecule has 0 radical (unpaired) electrons. The van der Waals surface area contributed by atoms with Crippen molar-refractivity contribution in [1.29, 1.82) is 0 Å². The summed E-state index contributed by atoms with van der Waals surface area (Å²) in [5, 5.41) is 8.06. The maximum Gasteiger partial charge on any atom is 0.0728 e. The van der Waals surface area contributed by atoms with Crippen molar-refractivity contribution in [3.05, 3.63) is 12.4 Å². The third-order valence-corrected chi connectivity index (χ3v) is 4.24. The van der Waals surface area contributed by atoms with E-state index in [1.807, 2.05) is 10.9 Å². The number of ether oxygens (including phenoxy) is 1. The van der Waals surface area contributed by atoms with Crippen molar-refractivity contribution in [2.45, 2.75) is 65.3 Å². The van der Waals surface area contributed by atoms with Crippen LogP contribution in [-0.4, -0.2) is 52.6 Å². The van der Waals surface area contributed by atoms with Crippen LogP contribution < -0.4 is 5.32 Å². The highest BCUT2D eigenvalue weighted by Gasteiger charge is 2.24. The molecule has 0 aliphatic carbocycles. The summed E-state index contributed by atoms with van der Waals surface area (Å²) >= 11 is 0. The standard InChI is InChI=1S/C16H30N4O/c1-5-19(6-2)7-8-20-12-16(11-17-20)18-15-9-13(3)21-14(4)10-15/h11-15,18H,5-10H2,1-4H3. The van der Waals surface area contributed by atoms with Gasteiger partial charge in [-0.15, -0.1) is 0 Å². The van der Waals surface area contributed by atoms with Crippen LogP contribution in [0, 0.1) is 0 Å². The Morgan fingerprint density at radius 3 is 2.57 bits per heavy atom. The van der Waals surface area contributed by atoms with Gasteiger partial charge in [-0.1, -0.05) is 13.8 Å². The second kappa shape index (κ2) is 7.80. The molecule has 1 saturated heterocycles. The van der Waals surface area contributed by atoms with Crippen LogP contribution >= 0.6 is 0 Å². The Hall–Kier alpha value is -1.07. The topological polar surface area (TPSA) is 42.3 Å². The Morgan fingerprint density at radius 2 is 1.95 bits per heavy atom. The number of hydrogen-bond donors (Lipinski definition) is 1. The Morgan fingerprint density at radius 1 is 1.29 bits per heavy atom. The Bertz CT molecular complexity index is 406. The summed E-state index contributed by atoms with van der Waals surface area (Å²) in [7, 11) is 0. The van der Waals surface area contributed by atoms with Crippen LogP contribution in [0.15, 0.2) is 12.4 Å². The first-order valence-corrected chi connectivity index (χ1v) is 8.27. The van der Waals surface area contributed by atoms with E-state index in [1.165, 1.54) is 0 Å². The minimum Gasteiger partial charge on any atom is -0.380 e. The zero-order chi connectivity index (χ0) is 15.2. The van der Waals surface area contributed by atoms with Crippen LogP contribution in [0.5, 0.6) is 0 Å². The van der Waals surface area contributed by atoms with Crippen LogP contribution in [0.25, 0.3) is 0 Å². The normalized spacial score (nSPS) is 26.2. The quantitative estimate of drug-likeness (QED) is 0.839. The lowest BCUT2D eigenvalue weighted by atomic mass is 10.00. The summed E-state index contributed by atoms with van der Waals surface area (Å²) in [6, 6.07) is 0.490. The van der Waals surface area contributed by atoms with Crippen molar-refractivity contribution < 1.29 is 4.74 Å². The largest absolute Gasteiger partial charge is 0.380 e. The van der Waals surface area contributed by atoms with E-state index in [0.29, 0.717) is 18.2 Å². The molecule has 0 spiro atoms. The molecule has 2 atom stereocenters. The molecule has 1 aromatic heterocycles. The van der Waals surface area contributed by atoms with Gasteiger partial charge in [0.2, 0.25) is 0 Å². The maximum absolute atomic E-state index is 5.78. The van der Waals surface area contributed by atoms with E-state index in [1.54, 1.807) is 0 Å². The highest BCUT2D eigenvalue weighted by atomic mass is 16.5. The predicted octanol–water partition coefficient (Wildman–Crippen LogP) is 2.59. The number of anilines is 1. The highest BCUT2D eigenvalue weighted by Crippen LogP contribution is 2.22. The van der Waals surface area contributed by atoms with E-state index in [4.69, 9.17) is 4.74 Å². The van der Waals surface area contributed by atoms with E-state index in [9.17, 15) is 0 Å². The molecule has 1 aliphatic rings. The van der Waals surface area contributed by atoms with Crippen molar-refractivity contribution in [2.75, 3.05) is 25.0 Å². The molecule has 21 heavy (non-hydrogen) atoms. The van der Waals surface area contributed by atoms with Crippen LogP contribution in [-0.2, 0) is 11.3 Å². The summed E-state index contributed by atoms with van der Waals surface area (Å²) < 4.78 is 7.82. The number of nitrogens with one attached hydrogen (secondary N) is 1. The van der Waals surface area contributed by atoms with Gasteiger partial charge in [0.05, 0.1) is 30.6 Å². The third kappa shape index (κ3) is 5.00. The SMILES string of the molecule is CCN(CC)CCn1cc(NC2CC(C)OC(C)C2)cn1. The van der Waals surface area contributed by atoms with Gasteiger partial charge in [0.15, 0.2) is 0 Å². The van der Waals surface area contributed by atoms with Gasteiger partial charge < -0.3 is 15.0 Å². The molecule has 1 aromatic rings. The lowest BCUT2D eigenvalue weighted by molar-refractivity contribution is -0.0337. The number of rotatable bonds is 7. The van der Waals surface area contributed by atoms with Gasteiger partial charge >= 0.3 is 0 Å². The van der Waals surface area contributed by atoms with E-state index in [2.05, 4.69) is 49.2 Å². The highest BCUT2D eigenvalue weighted by molar-refractivity contribution is 5.39. The van der Waals surface area contributed by atoms with Crippen molar-refractivity contribution in [2.24, 2.45) is 0 Å². The molecule has 1 aliphatic heterocycles. The molecule has 2 rings (SSSR count). The zero-order valence-corrected chi connectivity index (χ0v) is 13.9. The summed E-state index contributed by atoms with van der Waals surface area (Å²) in [4.78, 5) is 2.41. The van der Waals surface area contributed by atoms with E-state index in [0.717, 1.165) is 44.7 Å². The van der Waals surface area contributed by atoms with Gasteiger partial charge in [-0.25, -0.2) is 0 Å². The Labute approximate surface area is 128 Å². The average molecular weight is 294 g/mol. The van der Waals surface area contributed by atoms with Crippen LogP contribution in [0.1, 0.15) is 40.5 Å². The first-order chi connectivity index (χ1) is 10.1. The molecular formula is C16H30N4O. The molecule has 1 fully saturated rings. The Balaban J connectivity index is 1.82. The van der Waals surface area contributed by atoms with Crippen molar-refractivity contribution >= 4 is 5.69 Å². The predicted molar refractivity (Wildman–Crippen MR) is 86.7 cm³/mol. The first kappa shape index (κ1) is 16.3. The number of nitrogens with zero attached hydrogens (tertiary/aromatic N) is 3. The van der Waals surface area contributed by atoms with Gasteiger partial charge in [-0.2, -0.15) is 5.10 Å². The van der Waals surface area contributed by atoms with Gasteiger partial charge in [0, 0.05) is 18.8 Å². The monoisotopic (exact) mass is 294 g/mol. The molecule has 1 N–H and O–H groups in total. The van der Waals surface area contributed by atoms with Gasteiger partial charge in [-0.3, -0.25) is 4.68 Å². The lowest BCUT2D eigenvalue weighted by Crippen LogP contribution is -2.36. The van der Waals surface area contributed by atoms with Crippen molar-refractivity contribution in [3.63, 3.8) is 0 Å². The summed E-state index contributed by atoms with van der Waals surface area (Å²) in [6.07, 6.45) is 6.86. The average Bonchev–Trinajstić information content (AvgIpc) is 2.86. The van der Waals surface area contributed by atoms with Gasteiger partial charge in [0.25, 0.3) is 0 Å². The lowest BCUT2D eigenvalue weighted by Gasteiger charge is -2.32. The molecular weight excluding hydrogens is 264 g/mol. The van der Waals surface area contributed by atoms with Crippen molar-refractivity contribution in [3.8, 4) is 0 Å². The number of hydrogen-bond acceptors (Lipinski definition) is 4. The summed E-state index contributed by atoms with van der Waals surface area (Å²) in [5.41, 5.74) is 1.13. The first-order valence-electron chi connectivity index (χ1n) is 8.27. The second-order valence-corrected chi connectivity index (χ2v) is 6.09. The Kier molecular flexibility index (Phi) is 6.06. The fraction of sp³-hybridized carbons (Fsp3) is 0.812. The fourth-order valence-corrected chi connectivity index (χ4v) is 3.10. The van der Waals surface area contributed by atoms with Crippen LogP contribution in [0.3, 0.4) is 0 Å². The second-order valence-electron chi connectivity index (χ2n) is 6.09. The molecule has 120 valence electrons. The molecule has 5 heteroatoms. The molecule has 2 unspecified atom stereocenters.